The second kappa shape index (κ2) is 7.52. The molecule has 5 heteroatoms. The van der Waals surface area contributed by atoms with Crippen LogP contribution in [0.1, 0.15) is 42.4 Å². The van der Waals surface area contributed by atoms with Crippen LogP contribution >= 0.6 is 0 Å². The molecule has 2 aromatic heterocycles. The van der Waals surface area contributed by atoms with E-state index in [-0.39, 0.29) is 6.10 Å². The van der Waals surface area contributed by atoms with Crippen LogP contribution in [0.2, 0.25) is 0 Å². The maximum Gasteiger partial charge on any atom is 0.342 e. The Morgan fingerprint density at radius 2 is 1.96 bits per heavy atom. The molecule has 5 nitrogen and oxygen atoms in total. The Balaban J connectivity index is 2.17. The van der Waals surface area contributed by atoms with Crippen molar-refractivity contribution in [3.05, 3.63) is 59.4 Å². The molecule has 0 spiro atoms. The molecule has 0 bridgehead atoms. The van der Waals surface area contributed by atoms with Gasteiger partial charge in [-0.2, -0.15) is 0 Å². The number of carbonyl (C=O) groups is 1. The first-order valence-corrected chi connectivity index (χ1v) is 8.82. The summed E-state index contributed by atoms with van der Waals surface area (Å²) in [7, 11) is 0. The van der Waals surface area contributed by atoms with Gasteiger partial charge in [0.2, 0.25) is 0 Å². The molecular weight excluding hydrogens is 326 g/mol. The van der Waals surface area contributed by atoms with E-state index in [2.05, 4.69) is 28.3 Å². The number of para-hydroxylation sites is 1. The minimum Gasteiger partial charge on any atom is -0.459 e. The van der Waals surface area contributed by atoms with E-state index in [4.69, 9.17) is 4.74 Å². The summed E-state index contributed by atoms with van der Waals surface area (Å²) in [5, 5.41) is 4.22. The summed E-state index contributed by atoms with van der Waals surface area (Å²) in [6, 6.07) is 11.9. The first-order chi connectivity index (χ1) is 12.5. The molecule has 26 heavy (non-hydrogen) atoms. The summed E-state index contributed by atoms with van der Waals surface area (Å²) in [6.45, 7) is 7.68. The van der Waals surface area contributed by atoms with E-state index in [1.54, 1.807) is 0 Å². The van der Waals surface area contributed by atoms with Crippen molar-refractivity contribution in [2.75, 3.05) is 5.32 Å². The number of aromatic nitrogens is 2. The predicted molar refractivity (Wildman–Crippen MR) is 104 cm³/mol. The molecule has 1 aromatic carbocycles. The van der Waals surface area contributed by atoms with Crippen LogP contribution in [0.5, 0.6) is 0 Å². The summed E-state index contributed by atoms with van der Waals surface area (Å²) in [5.41, 5.74) is 4.68. The Labute approximate surface area is 153 Å². The van der Waals surface area contributed by atoms with E-state index >= 15 is 0 Å². The van der Waals surface area contributed by atoms with Gasteiger partial charge in [0.05, 0.1) is 11.8 Å². The van der Waals surface area contributed by atoms with Gasteiger partial charge in [-0.05, 0) is 51.0 Å². The van der Waals surface area contributed by atoms with Crippen molar-refractivity contribution in [1.29, 1.82) is 0 Å². The average Bonchev–Trinajstić information content (AvgIpc) is 2.61. The van der Waals surface area contributed by atoms with Crippen LogP contribution < -0.4 is 5.32 Å². The molecule has 0 radical (unpaired) electrons. The molecule has 0 aliphatic rings. The predicted octanol–water partition coefficient (Wildman–Crippen LogP) is 4.81. The third-order valence-corrected chi connectivity index (χ3v) is 4.09. The normalized spacial score (nSPS) is 11.0. The first-order valence-electron chi connectivity index (χ1n) is 8.82. The highest BCUT2D eigenvalue weighted by Crippen LogP contribution is 2.31. The number of esters is 1. The highest BCUT2D eigenvalue weighted by Gasteiger charge is 2.19. The molecular formula is C21H23N3O2. The quantitative estimate of drug-likeness (QED) is 0.670. The lowest BCUT2D eigenvalue weighted by Crippen LogP contribution is -2.14. The van der Waals surface area contributed by atoms with Crippen LogP contribution in [0.15, 0.2) is 42.6 Å². The molecule has 0 aliphatic heterocycles. The van der Waals surface area contributed by atoms with E-state index in [0.717, 1.165) is 23.2 Å². The largest absolute Gasteiger partial charge is 0.459 e. The molecule has 134 valence electrons. The molecule has 0 fully saturated rings. The van der Waals surface area contributed by atoms with Gasteiger partial charge in [-0.25, -0.2) is 14.8 Å². The topological polar surface area (TPSA) is 64.1 Å². The Kier molecular flexibility index (Phi) is 5.16. The van der Waals surface area contributed by atoms with Gasteiger partial charge in [0.1, 0.15) is 5.56 Å². The van der Waals surface area contributed by atoms with Gasteiger partial charge in [0, 0.05) is 23.0 Å². The molecule has 1 N–H and O–H groups in total. The fourth-order valence-corrected chi connectivity index (χ4v) is 2.82. The number of ether oxygens (including phenoxy) is 1. The Bertz CT molecular complexity index is 951. The lowest BCUT2D eigenvalue weighted by molar-refractivity contribution is 0.0379. The number of pyridine rings is 2. The smallest absolute Gasteiger partial charge is 0.342 e. The maximum atomic E-state index is 12.6. The molecule has 3 aromatic rings. The van der Waals surface area contributed by atoms with Gasteiger partial charge >= 0.3 is 5.97 Å². The Morgan fingerprint density at radius 3 is 2.69 bits per heavy atom. The van der Waals surface area contributed by atoms with Crippen molar-refractivity contribution in [3.8, 4) is 0 Å². The molecule has 0 saturated carbocycles. The van der Waals surface area contributed by atoms with Crippen LogP contribution in [0.3, 0.4) is 0 Å². The zero-order valence-corrected chi connectivity index (χ0v) is 15.5. The van der Waals surface area contributed by atoms with Crippen molar-refractivity contribution in [2.45, 2.75) is 40.2 Å². The fourth-order valence-electron chi connectivity index (χ4n) is 2.82. The highest BCUT2D eigenvalue weighted by atomic mass is 16.5. The van der Waals surface area contributed by atoms with Gasteiger partial charge < -0.3 is 10.1 Å². The van der Waals surface area contributed by atoms with Gasteiger partial charge in [0.25, 0.3) is 0 Å². The average molecular weight is 349 g/mol. The van der Waals surface area contributed by atoms with Gasteiger partial charge in [-0.3, -0.25) is 0 Å². The number of nitrogens with zero attached hydrogens (tertiary/aromatic N) is 2. The second-order valence-electron chi connectivity index (χ2n) is 6.46. The van der Waals surface area contributed by atoms with E-state index < -0.39 is 5.97 Å². The Morgan fingerprint density at radius 1 is 1.19 bits per heavy atom. The molecule has 0 unspecified atom stereocenters. The Hall–Kier alpha value is -2.95. The lowest BCUT2D eigenvalue weighted by Gasteiger charge is -2.17. The molecule has 0 saturated heterocycles. The molecule has 0 atom stereocenters. The number of carbonyl (C=O) groups excluding carboxylic acids is 1. The van der Waals surface area contributed by atoms with Crippen LogP contribution in [-0.4, -0.2) is 22.0 Å². The maximum absolute atomic E-state index is 12.6. The van der Waals surface area contributed by atoms with Crippen molar-refractivity contribution >= 4 is 28.4 Å². The summed E-state index contributed by atoms with van der Waals surface area (Å²) in [6.07, 6.45) is 2.22. The number of anilines is 2. The van der Waals surface area contributed by atoms with Crippen molar-refractivity contribution in [2.24, 2.45) is 0 Å². The first kappa shape index (κ1) is 17.9. The summed E-state index contributed by atoms with van der Waals surface area (Å²) in [5.74, 6) is -0.397. The monoisotopic (exact) mass is 349 g/mol. The van der Waals surface area contributed by atoms with E-state index in [9.17, 15) is 4.79 Å². The molecule has 0 amide bonds. The number of benzene rings is 1. The lowest BCUT2D eigenvalue weighted by atomic mass is 10.1. The minimum absolute atomic E-state index is 0.204. The van der Waals surface area contributed by atoms with Crippen LogP contribution in [-0.2, 0) is 11.2 Å². The number of fused-ring (bicyclic) bond motifs is 1. The summed E-state index contributed by atoms with van der Waals surface area (Å²) < 4.78 is 5.40. The molecule has 0 aliphatic carbocycles. The number of rotatable bonds is 5. The standard InChI is InChI=1S/C21H23N3O2/c1-5-15-8-6-7-9-18(15)24-19-16-11-10-14(4)23-20(16)22-12-17(19)21(25)26-13(2)3/h6-13H,5H2,1-4H3,(H,22,23,24). The van der Waals surface area contributed by atoms with Gasteiger partial charge in [-0.1, -0.05) is 25.1 Å². The van der Waals surface area contributed by atoms with Crippen LogP contribution in [0.4, 0.5) is 11.4 Å². The van der Waals surface area contributed by atoms with Crippen molar-refractivity contribution in [1.82, 2.24) is 9.97 Å². The van der Waals surface area contributed by atoms with E-state index in [1.807, 2.05) is 51.1 Å². The number of aryl methyl sites for hydroxylation is 2. The number of hydrogen-bond acceptors (Lipinski definition) is 5. The minimum atomic E-state index is -0.397. The SMILES string of the molecule is CCc1ccccc1Nc1c(C(=O)OC(C)C)cnc2nc(C)ccc12. The third-order valence-electron chi connectivity index (χ3n) is 4.09. The van der Waals surface area contributed by atoms with Crippen molar-refractivity contribution < 1.29 is 9.53 Å². The number of nitrogens with one attached hydrogen (secondary N) is 1. The molecule has 3 rings (SSSR count). The highest BCUT2D eigenvalue weighted by molar-refractivity contribution is 6.05. The van der Waals surface area contributed by atoms with Crippen LogP contribution in [0, 0.1) is 6.92 Å². The number of hydrogen-bond donors (Lipinski definition) is 1. The van der Waals surface area contributed by atoms with Crippen LogP contribution in [0.25, 0.3) is 11.0 Å². The van der Waals surface area contributed by atoms with E-state index in [0.29, 0.717) is 16.9 Å². The summed E-state index contributed by atoms with van der Waals surface area (Å²) >= 11 is 0. The molecule has 2 heterocycles. The third kappa shape index (κ3) is 3.67. The zero-order valence-electron chi connectivity index (χ0n) is 15.5. The van der Waals surface area contributed by atoms with Crippen molar-refractivity contribution in [3.63, 3.8) is 0 Å². The fraction of sp³-hybridized carbons (Fsp3) is 0.286. The van der Waals surface area contributed by atoms with Gasteiger partial charge in [0.15, 0.2) is 5.65 Å². The second-order valence-corrected chi connectivity index (χ2v) is 6.46. The summed E-state index contributed by atoms with van der Waals surface area (Å²) in [4.78, 5) is 21.5. The van der Waals surface area contributed by atoms with Gasteiger partial charge in [-0.15, -0.1) is 0 Å². The van der Waals surface area contributed by atoms with E-state index in [1.165, 1.54) is 11.8 Å². The zero-order chi connectivity index (χ0) is 18.7.